The van der Waals surface area contributed by atoms with Crippen molar-refractivity contribution in [3.63, 3.8) is 0 Å². The summed E-state index contributed by atoms with van der Waals surface area (Å²) in [5.41, 5.74) is 10.3. The number of nitrogens with zero attached hydrogens (tertiary/aromatic N) is 3. The lowest BCUT2D eigenvalue weighted by Crippen LogP contribution is -2.16. The van der Waals surface area contributed by atoms with E-state index >= 15 is 0 Å². The van der Waals surface area contributed by atoms with Gasteiger partial charge in [0.2, 0.25) is 0 Å². The van der Waals surface area contributed by atoms with Crippen LogP contribution < -0.4 is 15.8 Å². The van der Waals surface area contributed by atoms with Crippen LogP contribution in [0.5, 0.6) is 6.01 Å². The molecule has 0 fully saturated rings. The normalized spacial score (nSPS) is 13.9. The zero-order chi connectivity index (χ0) is 22.1. The number of methoxy groups -OCH3 is 1. The van der Waals surface area contributed by atoms with Crippen molar-refractivity contribution < 1.29 is 14.6 Å². The van der Waals surface area contributed by atoms with Crippen LogP contribution >= 0.6 is 0 Å². The highest BCUT2D eigenvalue weighted by molar-refractivity contribution is 5.68. The van der Waals surface area contributed by atoms with Gasteiger partial charge in [0.15, 0.2) is 0 Å². The molecule has 0 aromatic carbocycles. The molecule has 3 rings (SSSR count). The maximum Gasteiger partial charge on any atom is 0.316 e. The molecular weight excluding hydrogens is 394 g/mol. The van der Waals surface area contributed by atoms with Gasteiger partial charge < -0.3 is 20.9 Å². The number of nitrogens with two attached hydrogens (primary N) is 1. The molecule has 1 atom stereocenters. The lowest BCUT2D eigenvalue weighted by molar-refractivity contribution is -0.137. The molecule has 31 heavy (non-hydrogen) atoms. The summed E-state index contributed by atoms with van der Waals surface area (Å²) >= 11 is 0. The lowest BCUT2D eigenvalue weighted by atomic mass is 9.92. The molecule has 1 aliphatic rings. The largest absolute Gasteiger partial charge is 0.481 e. The Balaban J connectivity index is 1.46. The van der Waals surface area contributed by atoms with E-state index in [0.717, 1.165) is 80.6 Å². The molecular formula is C23H33N5O3. The van der Waals surface area contributed by atoms with Crippen molar-refractivity contribution in [1.82, 2.24) is 15.0 Å². The monoisotopic (exact) mass is 427 g/mol. The number of aliphatic carboxylic acids is 1. The molecule has 168 valence electrons. The molecule has 0 spiro atoms. The van der Waals surface area contributed by atoms with E-state index in [1.165, 1.54) is 12.7 Å². The molecule has 2 aromatic heterocycles. The van der Waals surface area contributed by atoms with Gasteiger partial charge >= 0.3 is 12.0 Å². The number of anilines is 1. The van der Waals surface area contributed by atoms with Crippen LogP contribution in [0.2, 0.25) is 0 Å². The Labute approximate surface area is 183 Å². The summed E-state index contributed by atoms with van der Waals surface area (Å²) in [5.74, 6) is 0.138. The Hall–Kier alpha value is -2.74. The van der Waals surface area contributed by atoms with E-state index in [9.17, 15) is 9.90 Å². The summed E-state index contributed by atoms with van der Waals surface area (Å²) in [4.78, 5) is 24.3. The highest BCUT2D eigenvalue weighted by Gasteiger charge is 2.17. The average Bonchev–Trinajstić information content (AvgIpc) is 2.79. The Morgan fingerprint density at radius 2 is 2.03 bits per heavy atom. The van der Waals surface area contributed by atoms with Crippen LogP contribution in [0.1, 0.15) is 73.2 Å². The van der Waals surface area contributed by atoms with Crippen LogP contribution in [0.4, 0.5) is 5.82 Å². The first-order valence-electron chi connectivity index (χ1n) is 11.1. The van der Waals surface area contributed by atoms with Crippen molar-refractivity contribution in [2.75, 3.05) is 19.0 Å². The molecule has 0 bridgehead atoms. The van der Waals surface area contributed by atoms with Crippen LogP contribution in [0.3, 0.4) is 0 Å². The maximum atomic E-state index is 11.3. The van der Waals surface area contributed by atoms with Crippen molar-refractivity contribution in [1.29, 1.82) is 0 Å². The highest BCUT2D eigenvalue weighted by Crippen LogP contribution is 2.27. The first kappa shape index (κ1) is 22.9. The Morgan fingerprint density at radius 1 is 1.26 bits per heavy atom. The summed E-state index contributed by atoms with van der Waals surface area (Å²) in [6, 6.07) is 2.51. The summed E-state index contributed by atoms with van der Waals surface area (Å²) in [6.07, 6.45) is 11.5. The zero-order valence-corrected chi connectivity index (χ0v) is 18.3. The van der Waals surface area contributed by atoms with Crippen molar-refractivity contribution >= 4 is 11.8 Å². The number of carbonyl (C=O) groups is 1. The average molecular weight is 428 g/mol. The molecule has 3 heterocycles. The van der Waals surface area contributed by atoms with Crippen molar-refractivity contribution in [2.24, 2.45) is 5.73 Å². The van der Waals surface area contributed by atoms with Gasteiger partial charge in [-0.05, 0) is 60.8 Å². The van der Waals surface area contributed by atoms with Crippen molar-refractivity contribution in [3.8, 4) is 6.01 Å². The molecule has 0 unspecified atom stereocenters. The fourth-order valence-corrected chi connectivity index (χ4v) is 4.14. The summed E-state index contributed by atoms with van der Waals surface area (Å²) in [7, 11) is 1.51. The molecule has 0 amide bonds. The number of unbranched alkanes of at least 4 members (excludes halogenated alkanes) is 3. The summed E-state index contributed by atoms with van der Waals surface area (Å²) in [6.45, 7) is 1.51. The fourth-order valence-electron chi connectivity index (χ4n) is 4.14. The SMILES string of the molecule is COc1ncc([C@@H](CCCCCCc2nc3c(cc2CN)CCCN3)CC(=O)O)cn1. The van der Waals surface area contributed by atoms with Gasteiger partial charge in [-0.1, -0.05) is 19.3 Å². The van der Waals surface area contributed by atoms with E-state index in [1.54, 1.807) is 12.4 Å². The second kappa shape index (κ2) is 11.6. The third-order valence-corrected chi connectivity index (χ3v) is 5.84. The predicted molar refractivity (Wildman–Crippen MR) is 119 cm³/mol. The smallest absolute Gasteiger partial charge is 0.316 e. The van der Waals surface area contributed by atoms with E-state index in [1.807, 2.05) is 0 Å². The minimum absolute atomic E-state index is 0.0827. The Bertz CT molecular complexity index is 857. The van der Waals surface area contributed by atoms with Crippen LogP contribution in [0.25, 0.3) is 0 Å². The van der Waals surface area contributed by atoms with E-state index in [0.29, 0.717) is 12.6 Å². The third-order valence-electron chi connectivity index (χ3n) is 5.84. The fraction of sp³-hybridized carbons (Fsp3) is 0.565. The predicted octanol–water partition coefficient (Wildman–Crippen LogP) is 3.45. The quantitative estimate of drug-likeness (QED) is 0.440. The molecule has 0 aliphatic carbocycles. The number of rotatable bonds is 12. The second-order valence-electron chi connectivity index (χ2n) is 8.09. The number of pyridine rings is 1. The number of hydrogen-bond acceptors (Lipinski definition) is 7. The molecule has 0 radical (unpaired) electrons. The number of aromatic nitrogens is 3. The standard InChI is InChI=1S/C23H33N5O3/c1-31-23-26-14-19(15-27-23)16(12-21(29)30)7-4-2-3-5-9-20-18(13-24)11-17-8-6-10-25-22(17)28-20/h11,14-16H,2-10,12-13,24H2,1H3,(H,25,28)(H,29,30)/t16-/m0/s1. The van der Waals surface area contributed by atoms with Crippen LogP contribution in [0.15, 0.2) is 18.5 Å². The van der Waals surface area contributed by atoms with Crippen molar-refractivity contribution in [2.45, 2.75) is 70.3 Å². The number of aryl methyl sites for hydroxylation is 2. The van der Waals surface area contributed by atoms with Gasteiger partial charge in [-0.15, -0.1) is 0 Å². The molecule has 0 saturated carbocycles. The molecule has 2 aromatic rings. The van der Waals surface area contributed by atoms with Gasteiger partial charge in [0.1, 0.15) is 5.82 Å². The summed E-state index contributed by atoms with van der Waals surface area (Å²) in [5, 5.41) is 12.7. The van der Waals surface area contributed by atoms with Gasteiger partial charge in [0, 0.05) is 31.2 Å². The molecule has 1 aliphatic heterocycles. The first-order valence-corrected chi connectivity index (χ1v) is 11.1. The highest BCUT2D eigenvalue weighted by atomic mass is 16.5. The Morgan fingerprint density at radius 3 is 2.74 bits per heavy atom. The third kappa shape index (κ3) is 6.62. The topological polar surface area (TPSA) is 123 Å². The number of fused-ring (bicyclic) bond motifs is 1. The van der Waals surface area contributed by atoms with E-state index in [2.05, 4.69) is 21.4 Å². The number of carboxylic acid groups (broad SMARTS) is 1. The van der Waals surface area contributed by atoms with E-state index in [-0.39, 0.29) is 12.3 Å². The van der Waals surface area contributed by atoms with Crippen molar-refractivity contribution in [3.05, 3.63) is 40.8 Å². The van der Waals surface area contributed by atoms with E-state index in [4.69, 9.17) is 15.5 Å². The van der Waals surface area contributed by atoms with E-state index < -0.39 is 5.97 Å². The van der Waals surface area contributed by atoms with Crippen LogP contribution in [-0.2, 0) is 24.2 Å². The minimum atomic E-state index is -0.803. The first-order chi connectivity index (χ1) is 15.1. The number of carboxylic acids is 1. The Kier molecular flexibility index (Phi) is 8.58. The van der Waals surface area contributed by atoms with Gasteiger partial charge in [-0.3, -0.25) is 4.79 Å². The zero-order valence-electron chi connectivity index (χ0n) is 18.3. The molecule has 4 N–H and O–H groups in total. The summed E-state index contributed by atoms with van der Waals surface area (Å²) < 4.78 is 4.98. The molecule has 8 heteroatoms. The van der Waals surface area contributed by atoms with Crippen LogP contribution in [0, 0.1) is 0 Å². The van der Waals surface area contributed by atoms with Gasteiger partial charge in [-0.2, -0.15) is 0 Å². The van der Waals surface area contributed by atoms with Crippen LogP contribution in [-0.4, -0.2) is 39.7 Å². The molecule has 0 saturated heterocycles. The lowest BCUT2D eigenvalue weighted by Gasteiger charge is -2.20. The second-order valence-corrected chi connectivity index (χ2v) is 8.09. The molecule has 8 nitrogen and oxygen atoms in total. The number of ether oxygens (including phenoxy) is 1. The minimum Gasteiger partial charge on any atom is -0.481 e. The number of hydrogen-bond donors (Lipinski definition) is 3. The maximum absolute atomic E-state index is 11.3. The van der Waals surface area contributed by atoms with Gasteiger partial charge in [-0.25, -0.2) is 15.0 Å². The van der Waals surface area contributed by atoms with Gasteiger partial charge in [0.05, 0.1) is 13.5 Å². The van der Waals surface area contributed by atoms with Gasteiger partial charge in [0.25, 0.3) is 0 Å². The number of nitrogens with one attached hydrogen (secondary N) is 1.